The molecule has 18 heavy (non-hydrogen) atoms. The van der Waals surface area contributed by atoms with Crippen LogP contribution >= 0.6 is 11.6 Å². The summed E-state index contributed by atoms with van der Waals surface area (Å²) in [5, 5.41) is 0.699. The number of nitrogens with zero attached hydrogens (tertiary/aromatic N) is 1. The Morgan fingerprint density at radius 1 is 1.28 bits per heavy atom. The van der Waals surface area contributed by atoms with Gasteiger partial charge in [0.05, 0.1) is 0 Å². The van der Waals surface area contributed by atoms with Gasteiger partial charge in [-0.1, -0.05) is 35.9 Å². The molecule has 0 spiro atoms. The van der Waals surface area contributed by atoms with Gasteiger partial charge >= 0.3 is 0 Å². The van der Waals surface area contributed by atoms with E-state index >= 15 is 0 Å². The second kappa shape index (κ2) is 5.85. The van der Waals surface area contributed by atoms with Crippen LogP contribution in [0.2, 0.25) is 5.02 Å². The molecule has 0 aliphatic heterocycles. The number of hydrogen-bond acceptors (Lipinski definition) is 3. The minimum absolute atomic E-state index is 0.0184. The number of pyridine rings is 1. The lowest BCUT2D eigenvalue weighted by atomic mass is 10.2. The van der Waals surface area contributed by atoms with Gasteiger partial charge < -0.3 is 10.5 Å². The number of benzene rings is 1. The van der Waals surface area contributed by atoms with Crippen molar-refractivity contribution in [1.82, 2.24) is 4.98 Å². The molecule has 1 aromatic carbocycles. The molecule has 0 aliphatic rings. The molecule has 2 aromatic rings. The maximum absolute atomic E-state index is 6.04. The van der Waals surface area contributed by atoms with Gasteiger partial charge in [0.1, 0.15) is 6.61 Å². The molecule has 3 nitrogen and oxygen atoms in total. The highest BCUT2D eigenvalue weighted by molar-refractivity contribution is 6.31. The van der Waals surface area contributed by atoms with E-state index in [9.17, 15) is 0 Å². The van der Waals surface area contributed by atoms with Crippen molar-refractivity contribution in [3.05, 3.63) is 58.7 Å². The van der Waals surface area contributed by atoms with Gasteiger partial charge in [-0.2, -0.15) is 0 Å². The first-order valence-corrected chi connectivity index (χ1v) is 6.12. The van der Waals surface area contributed by atoms with Crippen molar-refractivity contribution < 1.29 is 4.74 Å². The summed E-state index contributed by atoms with van der Waals surface area (Å²) in [5.41, 5.74) is 7.68. The fraction of sp³-hybridized carbons (Fsp3) is 0.214. The monoisotopic (exact) mass is 262 g/mol. The molecule has 0 aliphatic carbocycles. The van der Waals surface area contributed by atoms with Gasteiger partial charge in [-0.3, -0.25) is 0 Å². The van der Waals surface area contributed by atoms with Gasteiger partial charge in [0, 0.05) is 28.9 Å². The van der Waals surface area contributed by atoms with Crippen molar-refractivity contribution in [2.75, 3.05) is 0 Å². The maximum atomic E-state index is 6.04. The Morgan fingerprint density at radius 2 is 2.06 bits per heavy atom. The average molecular weight is 263 g/mol. The van der Waals surface area contributed by atoms with E-state index in [4.69, 9.17) is 22.1 Å². The summed E-state index contributed by atoms with van der Waals surface area (Å²) in [6.45, 7) is 2.32. The molecule has 2 N–H and O–H groups in total. The van der Waals surface area contributed by atoms with E-state index in [1.807, 2.05) is 43.3 Å². The molecule has 4 heteroatoms. The molecule has 1 atom stereocenters. The van der Waals surface area contributed by atoms with Crippen LogP contribution in [0.1, 0.15) is 24.1 Å². The summed E-state index contributed by atoms with van der Waals surface area (Å²) in [7, 11) is 0. The van der Waals surface area contributed by atoms with Gasteiger partial charge in [0.25, 0.3) is 0 Å². The van der Waals surface area contributed by atoms with Crippen LogP contribution in [0.25, 0.3) is 0 Å². The number of aromatic nitrogens is 1. The molecule has 1 heterocycles. The number of halogens is 1. The molecule has 0 saturated heterocycles. The van der Waals surface area contributed by atoms with Crippen LogP contribution in [0, 0.1) is 0 Å². The SMILES string of the molecule is CC(N)c1ccc(OCc2ccccc2Cl)nc1. The normalized spacial score (nSPS) is 12.2. The molecule has 2 rings (SSSR count). The lowest BCUT2D eigenvalue weighted by molar-refractivity contribution is 0.294. The summed E-state index contributed by atoms with van der Waals surface area (Å²) < 4.78 is 5.57. The molecule has 1 aromatic heterocycles. The summed E-state index contributed by atoms with van der Waals surface area (Å²) in [5.74, 6) is 0.569. The largest absolute Gasteiger partial charge is 0.473 e. The van der Waals surface area contributed by atoms with E-state index in [1.54, 1.807) is 6.20 Å². The first kappa shape index (κ1) is 12.9. The fourth-order valence-electron chi connectivity index (χ4n) is 1.51. The van der Waals surface area contributed by atoms with E-state index in [-0.39, 0.29) is 6.04 Å². The lowest BCUT2D eigenvalue weighted by Crippen LogP contribution is -2.05. The predicted octanol–water partition coefficient (Wildman–Crippen LogP) is 3.33. The van der Waals surface area contributed by atoms with Gasteiger partial charge in [0.15, 0.2) is 0 Å². The van der Waals surface area contributed by atoms with Gasteiger partial charge in [-0.25, -0.2) is 4.98 Å². The zero-order valence-electron chi connectivity index (χ0n) is 10.1. The second-order valence-corrected chi connectivity index (χ2v) is 4.51. The van der Waals surface area contributed by atoms with Crippen molar-refractivity contribution in [2.24, 2.45) is 5.73 Å². The molecular formula is C14H15ClN2O. The van der Waals surface area contributed by atoms with E-state index in [2.05, 4.69) is 4.98 Å². The summed E-state index contributed by atoms with van der Waals surface area (Å²) in [4.78, 5) is 4.20. The van der Waals surface area contributed by atoms with Crippen LogP contribution in [-0.4, -0.2) is 4.98 Å². The molecule has 0 fully saturated rings. The van der Waals surface area contributed by atoms with Crippen LogP contribution < -0.4 is 10.5 Å². The summed E-state index contributed by atoms with van der Waals surface area (Å²) in [6.07, 6.45) is 1.73. The first-order chi connectivity index (χ1) is 8.66. The number of rotatable bonds is 4. The Kier molecular flexibility index (Phi) is 4.18. The highest BCUT2D eigenvalue weighted by Crippen LogP contribution is 2.18. The Balaban J connectivity index is 2.00. The standard InChI is InChI=1S/C14H15ClN2O/c1-10(16)11-6-7-14(17-8-11)18-9-12-4-2-3-5-13(12)15/h2-8,10H,9,16H2,1H3. The van der Waals surface area contributed by atoms with Crippen molar-refractivity contribution in [1.29, 1.82) is 0 Å². The second-order valence-electron chi connectivity index (χ2n) is 4.10. The third-order valence-corrected chi connectivity index (χ3v) is 2.99. The highest BCUT2D eigenvalue weighted by Gasteiger charge is 2.03. The molecule has 1 unspecified atom stereocenters. The van der Waals surface area contributed by atoms with Crippen LogP contribution in [0.5, 0.6) is 5.88 Å². The summed E-state index contributed by atoms with van der Waals surface area (Å²) in [6, 6.07) is 11.3. The van der Waals surface area contributed by atoms with Crippen LogP contribution in [0.3, 0.4) is 0 Å². The van der Waals surface area contributed by atoms with E-state index in [0.29, 0.717) is 17.5 Å². The van der Waals surface area contributed by atoms with Gasteiger partial charge in [0.2, 0.25) is 5.88 Å². The average Bonchev–Trinajstić information content (AvgIpc) is 2.38. The van der Waals surface area contributed by atoms with Crippen LogP contribution in [-0.2, 0) is 6.61 Å². The third kappa shape index (κ3) is 3.22. The Morgan fingerprint density at radius 3 is 2.67 bits per heavy atom. The molecule has 0 amide bonds. The zero-order valence-corrected chi connectivity index (χ0v) is 10.9. The van der Waals surface area contributed by atoms with Crippen molar-refractivity contribution in [2.45, 2.75) is 19.6 Å². The van der Waals surface area contributed by atoms with Crippen LogP contribution in [0.4, 0.5) is 0 Å². The maximum Gasteiger partial charge on any atom is 0.213 e. The molecular weight excluding hydrogens is 248 g/mol. The minimum atomic E-state index is -0.0184. The minimum Gasteiger partial charge on any atom is -0.473 e. The zero-order chi connectivity index (χ0) is 13.0. The Bertz CT molecular complexity index is 511. The van der Waals surface area contributed by atoms with Crippen molar-refractivity contribution >= 4 is 11.6 Å². The topological polar surface area (TPSA) is 48.1 Å². The van der Waals surface area contributed by atoms with Crippen molar-refractivity contribution in [3.8, 4) is 5.88 Å². The van der Waals surface area contributed by atoms with E-state index < -0.39 is 0 Å². The van der Waals surface area contributed by atoms with Crippen LogP contribution in [0.15, 0.2) is 42.6 Å². The van der Waals surface area contributed by atoms with E-state index in [0.717, 1.165) is 11.1 Å². The van der Waals surface area contributed by atoms with Gasteiger partial charge in [-0.15, -0.1) is 0 Å². The van der Waals surface area contributed by atoms with Gasteiger partial charge in [-0.05, 0) is 18.6 Å². The number of ether oxygens (including phenoxy) is 1. The van der Waals surface area contributed by atoms with E-state index in [1.165, 1.54) is 0 Å². The smallest absolute Gasteiger partial charge is 0.213 e. The molecule has 94 valence electrons. The highest BCUT2D eigenvalue weighted by atomic mass is 35.5. The Hall–Kier alpha value is -1.58. The summed E-state index contributed by atoms with van der Waals surface area (Å²) >= 11 is 6.04. The van der Waals surface area contributed by atoms with Crippen molar-refractivity contribution in [3.63, 3.8) is 0 Å². The number of nitrogens with two attached hydrogens (primary N) is 1. The molecule has 0 radical (unpaired) electrons. The lowest BCUT2D eigenvalue weighted by Gasteiger charge is -2.08. The fourth-order valence-corrected chi connectivity index (χ4v) is 1.70. The molecule has 0 saturated carbocycles. The number of hydrogen-bond donors (Lipinski definition) is 1. The predicted molar refractivity (Wildman–Crippen MR) is 72.6 cm³/mol. The molecule has 0 bridgehead atoms. The third-order valence-electron chi connectivity index (χ3n) is 2.62. The first-order valence-electron chi connectivity index (χ1n) is 5.74. The Labute approximate surface area is 112 Å². The quantitative estimate of drug-likeness (QED) is 0.919.